The molecule has 3 aromatic rings. The molecular formula is C17H17N5O. The number of aliphatic hydroxyl groups excluding tert-OH is 1. The quantitative estimate of drug-likeness (QED) is 0.510. The predicted molar refractivity (Wildman–Crippen MR) is 90.2 cm³/mol. The van der Waals surface area contributed by atoms with Gasteiger partial charge in [-0.2, -0.15) is 4.98 Å². The van der Waals surface area contributed by atoms with Gasteiger partial charge in [0, 0.05) is 18.1 Å². The minimum atomic E-state index is -0.0718. The van der Waals surface area contributed by atoms with Crippen LogP contribution in [-0.4, -0.2) is 28.0 Å². The average Bonchev–Trinajstić information content (AvgIpc) is 2.61. The molecule has 0 aliphatic carbocycles. The fourth-order valence-corrected chi connectivity index (χ4v) is 2.56. The molecule has 1 heterocycles. The molecule has 0 amide bonds. The lowest BCUT2D eigenvalue weighted by Crippen LogP contribution is -2.26. The Labute approximate surface area is 133 Å². The summed E-state index contributed by atoms with van der Waals surface area (Å²) >= 11 is 0. The monoisotopic (exact) mass is 307 g/mol. The molecule has 0 bridgehead atoms. The molecule has 0 fully saturated rings. The fourth-order valence-electron chi connectivity index (χ4n) is 2.56. The summed E-state index contributed by atoms with van der Waals surface area (Å²) in [7, 11) is 1.89. The van der Waals surface area contributed by atoms with Crippen molar-refractivity contribution in [3.8, 4) is 0 Å². The van der Waals surface area contributed by atoms with Gasteiger partial charge in [-0.15, -0.1) is 0 Å². The molecule has 0 saturated heterocycles. The number of hydrogen-bond acceptors (Lipinski definition) is 5. The number of hydrogen-bond donors (Lipinski definition) is 3. The molecule has 1 aromatic heterocycles. The number of rotatable bonds is 4. The minimum Gasteiger partial charge on any atom is -0.392 e. The topological polar surface area (TPSA) is 89.0 Å². The SMILES string of the molecule is CN(c1ccccc1)c1nc(=N)n(C=N)c2ccc(CO)cc12. The van der Waals surface area contributed by atoms with Crippen LogP contribution < -0.4 is 10.5 Å². The van der Waals surface area contributed by atoms with Gasteiger partial charge >= 0.3 is 0 Å². The molecule has 2 aromatic carbocycles. The van der Waals surface area contributed by atoms with Crippen molar-refractivity contribution in [3.63, 3.8) is 0 Å². The molecule has 23 heavy (non-hydrogen) atoms. The van der Waals surface area contributed by atoms with E-state index >= 15 is 0 Å². The number of fused-ring (bicyclic) bond motifs is 1. The van der Waals surface area contributed by atoms with E-state index in [-0.39, 0.29) is 12.2 Å². The summed E-state index contributed by atoms with van der Waals surface area (Å²) in [4.78, 5) is 6.25. The van der Waals surface area contributed by atoms with Gasteiger partial charge in [-0.25, -0.2) is 0 Å². The van der Waals surface area contributed by atoms with Crippen LogP contribution in [0.5, 0.6) is 0 Å². The van der Waals surface area contributed by atoms with Gasteiger partial charge < -0.3 is 10.0 Å². The highest BCUT2D eigenvalue weighted by atomic mass is 16.3. The summed E-state index contributed by atoms with van der Waals surface area (Å²) in [6.07, 6.45) is 1.07. The number of nitrogens with one attached hydrogen (secondary N) is 2. The third-order valence-electron chi connectivity index (χ3n) is 3.77. The highest BCUT2D eigenvalue weighted by Crippen LogP contribution is 2.28. The molecule has 0 unspecified atom stereocenters. The third kappa shape index (κ3) is 2.60. The zero-order valence-electron chi connectivity index (χ0n) is 12.7. The van der Waals surface area contributed by atoms with E-state index in [1.807, 2.05) is 48.3 Å². The van der Waals surface area contributed by atoms with Crippen molar-refractivity contribution in [1.29, 1.82) is 10.8 Å². The highest BCUT2D eigenvalue weighted by molar-refractivity contribution is 5.94. The summed E-state index contributed by atoms with van der Waals surface area (Å²) in [6, 6.07) is 15.2. The molecule has 6 nitrogen and oxygen atoms in total. The first kappa shape index (κ1) is 14.9. The average molecular weight is 307 g/mol. The lowest BCUT2D eigenvalue weighted by atomic mass is 10.1. The van der Waals surface area contributed by atoms with Gasteiger partial charge in [0.1, 0.15) is 5.82 Å². The molecule has 0 atom stereocenters. The largest absolute Gasteiger partial charge is 0.392 e. The molecule has 6 heteroatoms. The number of benzene rings is 2. The Hall–Kier alpha value is -2.99. The van der Waals surface area contributed by atoms with E-state index in [4.69, 9.17) is 10.8 Å². The number of anilines is 2. The van der Waals surface area contributed by atoms with Crippen molar-refractivity contribution in [1.82, 2.24) is 9.55 Å². The molecule has 0 saturated carbocycles. The van der Waals surface area contributed by atoms with Gasteiger partial charge in [-0.1, -0.05) is 24.3 Å². The van der Waals surface area contributed by atoms with Crippen LogP contribution in [0.3, 0.4) is 0 Å². The van der Waals surface area contributed by atoms with Crippen LogP contribution in [0.4, 0.5) is 11.5 Å². The van der Waals surface area contributed by atoms with Crippen LogP contribution >= 0.6 is 0 Å². The first-order valence-electron chi connectivity index (χ1n) is 7.15. The normalized spacial score (nSPS) is 10.7. The van der Waals surface area contributed by atoms with E-state index in [2.05, 4.69) is 4.98 Å². The zero-order valence-corrected chi connectivity index (χ0v) is 12.7. The highest BCUT2D eigenvalue weighted by Gasteiger charge is 2.13. The van der Waals surface area contributed by atoms with Gasteiger partial charge in [0.2, 0.25) is 5.62 Å². The third-order valence-corrected chi connectivity index (χ3v) is 3.77. The first-order chi connectivity index (χ1) is 11.2. The Balaban J connectivity index is 2.31. The van der Waals surface area contributed by atoms with E-state index in [1.165, 1.54) is 4.57 Å². The van der Waals surface area contributed by atoms with E-state index in [1.54, 1.807) is 12.1 Å². The summed E-state index contributed by atoms with van der Waals surface area (Å²) in [5, 5.41) is 25.8. The standard InChI is InChI=1S/C17H17N5O/c1-21(13-5-3-2-4-6-13)16-14-9-12(10-23)7-8-15(14)22(11-18)17(19)20-16/h2-9,11,18-19,23H,10H2,1H3. The predicted octanol–water partition coefficient (Wildman–Crippen LogP) is 2.23. The first-order valence-corrected chi connectivity index (χ1v) is 7.15. The molecule has 0 radical (unpaired) electrons. The van der Waals surface area contributed by atoms with Crippen molar-refractivity contribution in [2.75, 3.05) is 11.9 Å². The second-order valence-electron chi connectivity index (χ2n) is 5.16. The molecule has 3 rings (SSSR count). The number of para-hydroxylation sites is 1. The van der Waals surface area contributed by atoms with E-state index in [9.17, 15) is 5.11 Å². The molecular weight excluding hydrogens is 290 g/mol. The Morgan fingerprint density at radius 2 is 1.96 bits per heavy atom. The Kier molecular flexibility index (Phi) is 3.91. The maximum atomic E-state index is 9.40. The maximum absolute atomic E-state index is 9.40. The van der Waals surface area contributed by atoms with Crippen LogP contribution in [0.25, 0.3) is 10.9 Å². The fraction of sp³-hybridized carbons (Fsp3) is 0.118. The summed E-state index contributed by atoms with van der Waals surface area (Å²) in [5.74, 6) is 0.615. The number of nitrogens with zero attached hydrogens (tertiary/aromatic N) is 3. The van der Waals surface area contributed by atoms with Gasteiger partial charge in [0.25, 0.3) is 0 Å². The second-order valence-corrected chi connectivity index (χ2v) is 5.16. The van der Waals surface area contributed by atoms with Crippen molar-refractivity contribution < 1.29 is 5.11 Å². The molecule has 3 N–H and O–H groups in total. The Morgan fingerprint density at radius 3 is 2.61 bits per heavy atom. The van der Waals surface area contributed by atoms with Crippen LogP contribution in [-0.2, 0) is 6.61 Å². The van der Waals surface area contributed by atoms with Crippen LogP contribution in [0.15, 0.2) is 48.5 Å². The van der Waals surface area contributed by atoms with Gasteiger partial charge in [-0.3, -0.25) is 15.4 Å². The Morgan fingerprint density at radius 1 is 1.22 bits per heavy atom. The van der Waals surface area contributed by atoms with Gasteiger partial charge in [0.15, 0.2) is 0 Å². The molecule has 116 valence electrons. The maximum Gasteiger partial charge on any atom is 0.229 e. The van der Waals surface area contributed by atoms with Crippen LogP contribution in [0.2, 0.25) is 0 Å². The minimum absolute atomic E-state index is 0.0120. The van der Waals surface area contributed by atoms with Crippen molar-refractivity contribution in [2.24, 2.45) is 0 Å². The summed E-state index contributed by atoms with van der Waals surface area (Å²) in [5.41, 5.74) is 2.40. The molecule has 0 aliphatic heterocycles. The van der Waals surface area contributed by atoms with E-state index in [0.717, 1.165) is 23.0 Å². The lowest BCUT2D eigenvalue weighted by molar-refractivity contribution is 0.282. The van der Waals surface area contributed by atoms with Gasteiger partial charge in [0.05, 0.1) is 18.5 Å². The second kappa shape index (κ2) is 6.02. The van der Waals surface area contributed by atoms with E-state index in [0.29, 0.717) is 11.3 Å². The lowest BCUT2D eigenvalue weighted by Gasteiger charge is -2.21. The number of aliphatic hydroxyl groups is 1. The summed E-state index contributed by atoms with van der Waals surface area (Å²) < 4.78 is 1.40. The molecule has 0 aliphatic rings. The van der Waals surface area contributed by atoms with Gasteiger partial charge in [-0.05, 0) is 29.8 Å². The molecule has 0 spiro atoms. The summed E-state index contributed by atoms with van der Waals surface area (Å²) in [6.45, 7) is -0.0718. The Bertz CT molecular complexity index is 917. The van der Waals surface area contributed by atoms with E-state index < -0.39 is 0 Å². The van der Waals surface area contributed by atoms with Crippen molar-refractivity contribution in [2.45, 2.75) is 6.61 Å². The van der Waals surface area contributed by atoms with Crippen molar-refractivity contribution in [3.05, 3.63) is 59.7 Å². The number of aromatic nitrogens is 2. The van der Waals surface area contributed by atoms with Crippen LogP contribution in [0.1, 0.15) is 5.56 Å². The van der Waals surface area contributed by atoms with Crippen LogP contribution in [0, 0.1) is 10.8 Å². The van der Waals surface area contributed by atoms with Crippen molar-refractivity contribution >= 4 is 28.7 Å². The zero-order chi connectivity index (χ0) is 16.4. The smallest absolute Gasteiger partial charge is 0.229 e.